The van der Waals surface area contributed by atoms with Crippen molar-refractivity contribution in [1.82, 2.24) is 4.90 Å². The molecule has 25 heavy (non-hydrogen) atoms. The summed E-state index contributed by atoms with van der Waals surface area (Å²) in [5.74, 6) is 1.29. The molecule has 7 heteroatoms. The lowest BCUT2D eigenvalue weighted by Gasteiger charge is -2.23. The van der Waals surface area contributed by atoms with Crippen LogP contribution >= 0.6 is 0 Å². The molecule has 0 saturated carbocycles. The molecule has 2 rings (SSSR count). The fraction of sp³-hybridized carbons (Fsp3) is 0.444. The standard InChI is InChI=1S/C18H24N2O5/c1-12-16(6-5-7-25-12)18(22)20(2)11-17(21)19-13-8-14(23-3)10-15(9-13)24-4/h8-10H,5-7,11H2,1-4H3,(H,19,21). The molecule has 0 bridgehead atoms. The SMILES string of the molecule is COc1cc(NC(=O)CN(C)C(=O)C2=C(C)OCCC2)cc(OC)c1. The van der Waals surface area contributed by atoms with Crippen LogP contribution in [0.15, 0.2) is 29.5 Å². The number of ether oxygens (including phenoxy) is 3. The molecule has 136 valence electrons. The van der Waals surface area contributed by atoms with Crippen LogP contribution in [0.4, 0.5) is 5.69 Å². The molecule has 0 radical (unpaired) electrons. The van der Waals surface area contributed by atoms with Crippen LogP contribution in [-0.4, -0.2) is 51.1 Å². The van der Waals surface area contributed by atoms with Crippen molar-refractivity contribution in [3.05, 3.63) is 29.5 Å². The highest BCUT2D eigenvalue weighted by atomic mass is 16.5. The minimum Gasteiger partial charge on any atom is -0.498 e. The zero-order chi connectivity index (χ0) is 18.4. The van der Waals surface area contributed by atoms with Crippen molar-refractivity contribution in [2.24, 2.45) is 0 Å². The van der Waals surface area contributed by atoms with Gasteiger partial charge in [0.05, 0.1) is 32.9 Å². The lowest BCUT2D eigenvalue weighted by atomic mass is 10.1. The quantitative estimate of drug-likeness (QED) is 0.853. The lowest BCUT2D eigenvalue weighted by molar-refractivity contribution is -0.130. The minimum absolute atomic E-state index is 0.0604. The molecule has 1 aliphatic rings. The molecular weight excluding hydrogens is 324 g/mol. The monoisotopic (exact) mass is 348 g/mol. The van der Waals surface area contributed by atoms with Gasteiger partial charge in [0.2, 0.25) is 5.91 Å². The van der Waals surface area contributed by atoms with E-state index in [1.165, 1.54) is 19.1 Å². The highest BCUT2D eigenvalue weighted by molar-refractivity contribution is 5.99. The van der Waals surface area contributed by atoms with Gasteiger partial charge in [-0.3, -0.25) is 9.59 Å². The van der Waals surface area contributed by atoms with Crippen LogP contribution in [0.25, 0.3) is 0 Å². The van der Waals surface area contributed by atoms with Gasteiger partial charge >= 0.3 is 0 Å². The normalized spacial score (nSPS) is 13.8. The third kappa shape index (κ3) is 4.89. The first-order valence-electron chi connectivity index (χ1n) is 8.05. The van der Waals surface area contributed by atoms with E-state index in [1.54, 1.807) is 32.2 Å². The summed E-state index contributed by atoms with van der Waals surface area (Å²) in [7, 11) is 4.67. The number of anilines is 1. The number of hydrogen-bond acceptors (Lipinski definition) is 5. The molecule has 1 aromatic carbocycles. The number of carbonyl (C=O) groups excluding carboxylic acids is 2. The Morgan fingerprint density at radius 1 is 1.20 bits per heavy atom. The Balaban J connectivity index is 2.01. The van der Waals surface area contributed by atoms with Gasteiger partial charge in [0.25, 0.3) is 5.91 Å². The van der Waals surface area contributed by atoms with Crippen LogP contribution in [0, 0.1) is 0 Å². The number of nitrogens with zero attached hydrogens (tertiary/aromatic N) is 1. The first kappa shape index (κ1) is 18.6. The third-order valence-electron chi connectivity index (χ3n) is 3.94. The van der Waals surface area contributed by atoms with Crippen LogP contribution in [0.2, 0.25) is 0 Å². The molecule has 0 saturated heterocycles. The smallest absolute Gasteiger partial charge is 0.253 e. The van der Waals surface area contributed by atoms with E-state index in [9.17, 15) is 9.59 Å². The summed E-state index contributed by atoms with van der Waals surface area (Å²) in [4.78, 5) is 26.1. The van der Waals surface area contributed by atoms with Crippen LogP contribution in [0.5, 0.6) is 11.5 Å². The van der Waals surface area contributed by atoms with Gasteiger partial charge in [-0.2, -0.15) is 0 Å². The van der Waals surface area contributed by atoms with Crippen LogP contribution in [0.1, 0.15) is 19.8 Å². The summed E-state index contributed by atoms with van der Waals surface area (Å²) >= 11 is 0. The largest absolute Gasteiger partial charge is 0.498 e. The molecule has 7 nitrogen and oxygen atoms in total. The van der Waals surface area contributed by atoms with Crippen molar-refractivity contribution in [3.63, 3.8) is 0 Å². The summed E-state index contributed by atoms with van der Waals surface area (Å²) in [5, 5.41) is 2.75. The topological polar surface area (TPSA) is 77.1 Å². The maximum atomic E-state index is 12.5. The molecule has 0 aromatic heterocycles. The Labute approximate surface area is 147 Å². The highest BCUT2D eigenvalue weighted by Gasteiger charge is 2.22. The van der Waals surface area contributed by atoms with Crippen LogP contribution in [0.3, 0.4) is 0 Å². The number of nitrogens with one attached hydrogen (secondary N) is 1. The second kappa shape index (κ2) is 8.41. The van der Waals surface area contributed by atoms with Crippen LogP contribution < -0.4 is 14.8 Å². The molecule has 0 spiro atoms. The highest BCUT2D eigenvalue weighted by Crippen LogP contribution is 2.26. The average Bonchev–Trinajstić information content (AvgIpc) is 2.60. The van der Waals surface area contributed by atoms with E-state index in [0.717, 1.165) is 6.42 Å². The molecular formula is C18H24N2O5. The third-order valence-corrected chi connectivity index (χ3v) is 3.94. The molecule has 1 aromatic rings. The van der Waals surface area contributed by atoms with Gasteiger partial charge in [0.15, 0.2) is 0 Å². The van der Waals surface area contributed by atoms with E-state index in [0.29, 0.717) is 41.5 Å². The van der Waals surface area contributed by atoms with Gasteiger partial charge in [-0.05, 0) is 19.8 Å². The number of amides is 2. The zero-order valence-corrected chi connectivity index (χ0v) is 15.0. The maximum Gasteiger partial charge on any atom is 0.253 e. The second-order valence-electron chi connectivity index (χ2n) is 5.80. The molecule has 1 heterocycles. The Morgan fingerprint density at radius 3 is 2.40 bits per heavy atom. The van der Waals surface area contributed by atoms with Gasteiger partial charge in [-0.15, -0.1) is 0 Å². The fourth-order valence-electron chi connectivity index (χ4n) is 2.59. The number of allylic oxidation sites excluding steroid dienone is 1. The fourth-order valence-corrected chi connectivity index (χ4v) is 2.59. The Hall–Kier alpha value is -2.70. The molecule has 0 unspecified atom stereocenters. The Kier molecular flexibility index (Phi) is 6.27. The lowest BCUT2D eigenvalue weighted by Crippen LogP contribution is -2.36. The summed E-state index contributed by atoms with van der Waals surface area (Å²) in [6.07, 6.45) is 1.48. The van der Waals surface area contributed by atoms with E-state index in [-0.39, 0.29) is 18.4 Å². The van der Waals surface area contributed by atoms with Crippen molar-refractivity contribution >= 4 is 17.5 Å². The van der Waals surface area contributed by atoms with Crippen molar-refractivity contribution in [1.29, 1.82) is 0 Å². The molecule has 0 atom stereocenters. The summed E-state index contributed by atoms with van der Waals surface area (Å²) < 4.78 is 15.8. The Bertz CT molecular complexity index is 662. The molecule has 2 amide bonds. The van der Waals surface area contributed by atoms with Gasteiger partial charge < -0.3 is 24.4 Å². The van der Waals surface area contributed by atoms with E-state index in [2.05, 4.69) is 5.32 Å². The number of benzene rings is 1. The van der Waals surface area contributed by atoms with Gasteiger partial charge in [-0.1, -0.05) is 0 Å². The van der Waals surface area contributed by atoms with Crippen molar-refractivity contribution in [2.45, 2.75) is 19.8 Å². The van der Waals surface area contributed by atoms with Gasteiger partial charge in [-0.25, -0.2) is 0 Å². The summed E-state index contributed by atoms with van der Waals surface area (Å²) in [6, 6.07) is 5.08. The van der Waals surface area contributed by atoms with E-state index in [4.69, 9.17) is 14.2 Å². The maximum absolute atomic E-state index is 12.5. The van der Waals surface area contributed by atoms with Gasteiger partial charge in [0.1, 0.15) is 17.3 Å². The first-order valence-corrected chi connectivity index (χ1v) is 8.05. The molecule has 1 N–H and O–H groups in total. The van der Waals surface area contributed by atoms with E-state index in [1.807, 2.05) is 0 Å². The second-order valence-corrected chi connectivity index (χ2v) is 5.80. The summed E-state index contributed by atoms with van der Waals surface area (Å²) in [6.45, 7) is 2.35. The van der Waals surface area contributed by atoms with Crippen molar-refractivity contribution in [2.75, 3.05) is 39.7 Å². The summed E-state index contributed by atoms with van der Waals surface area (Å²) in [5.41, 5.74) is 1.17. The van der Waals surface area contributed by atoms with E-state index < -0.39 is 0 Å². The van der Waals surface area contributed by atoms with Gasteiger partial charge in [0, 0.05) is 30.9 Å². The minimum atomic E-state index is -0.305. The molecule has 1 aliphatic heterocycles. The van der Waals surface area contributed by atoms with E-state index >= 15 is 0 Å². The Morgan fingerprint density at radius 2 is 1.84 bits per heavy atom. The molecule has 0 aliphatic carbocycles. The zero-order valence-electron chi connectivity index (χ0n) is 15.0. The number of hydrogen-bond donors (Lipinski definition) is 1. The van der Waals surface area contributed by atoms with Crippen molar-refractivity contribution < 1.29 is 23.8 Å². The predicted molar refractivity (Wildman–Crippen MR) is 93.7 cm³/mol. The average molecular weight is 348 g/mol. The number of methoxy groups -OCH3 is 2. The van der Waals surface area contributed by atoms with Crippen LogP contribution in [-0.2, 0) is 14.3 Å². The number of rotatable bonds is 6. The number of carbonyl (C=O) groups is 2. The molecule has 0 fully saturated rings. The first-order chi connectivity index (χ1) is 11.9. The number of likely N-dealkylation sites (N-methyl/N-ethyl adjacent to an activating group) is 1. The predicted octanol–water partition coefficient (Wildman–Crippen LogP) is 2.19. The van der Waals surface area contributed by atoms with Crippen molar-refractivity contribution in [3.8, 4) is 11.5 Å².